The van der Waals surface area contributed by atoms with Crippen LogP contribution >= 0.6 is 0 Å². The molecule has 0 aliphatic rings. The first-order valence-electron chi connectivity index (χ1n) is 10.3. The predicted molar refractivity (Wildman–Crippen MR) is 110 cm³/mol. The van der Waals surface area contributed by atoms with E-state index in [0.29, 0.717) is 79.3 Å². The molecule has 0 saturated heterocycles. The Morgan fingerprint density at radius 3 is 0.636 bits per heavy atom. The molecule has 33 heavy (non-hydrogen) atoms. The Bertz CT molecular complexity index is 185. The van der Waals surface area contributed by atoms with Gasteiger partial charge in [0, 0.05) is 54.9 Å². The second-order valence-electron chi connectivity index (χ2n) is 5.24. The molecule has 0 saturated carbocycles. The fraction of sp³-hybridized carbons (Fsp3) is 1.00. The minimum Gasteiger partial charge on any atom is -0.853 e. The zero-order valence-corrected chi connectivity index (χ0v) is 23.2. The van der Waals surface area contributed by atoms with E-state index < -0.39 is 0 Å². The van der Waals surface area contributed by atoms with Gasteiger partial charge in [-0.2, -0.15) is 0 Å². The molecular weight excluding hydrogens is 523 g/mol. The minimum absolute atomic E-state index is 0. The van der Waals surface area contributed by atoms with Gasteiger partial charge in [-0.15, -0.1) is 26.4 Å². The van der Waals surface area contributed by atoms with Crippen molar-refractivity contribution in [1.29, 1.82) is 0 Å². The van der Waals surface area contributed by atoms with Gasteiger partial charge >= 0.3 is 26.2 Å². The van der Waals surface area contributed by atoms with Crippen molar-refractivity contribution in [2.75, 3.05) is 134 Å². The molecule has 0 rings (SSSR count). The maximum Gasteiger partial charge on any atom is 4.00 e. The van der Waals surface area contributed by atoms with Crippen LogP contribution < -0.4 is 20.4 Å². The average molecular weight is 568 g/mol. The smallest absolute Gasteiger partial charge is 0.853 e. The molecule has 0 aliphatic carbocycles. The van der Waals surface area contributed by atoms with E-state index in [0.717, 1.165) is 0 Å². The van der Waals surface area contributed by atoms with E-state index in [1.54, 1.807) is 28.4 Å². The summed E-state index contributed by atoms with van der Waals surface area (Å²) in [5.74, 6) is 0. The van der Waals surface area contributed by atoms with Crippen LogP contribution in [0.3, 0.4) is 0 Å². The van der Waals surface area contributed by atoms with E-state index in [1.165, 1.54) is 0 Å². The fourth-order valence-corrected chi connectivity index (χ4v) is 1.21. The summed E-state index contributed by atoms with van der Waals surface area (Å²) < 4.78 is 37.8. The molecule has 12 nitrogen and oxygen atoms in total. The van der Waals surface area contributed by atoms with Crippen LogP contribution in [0.5, 0.6) is 0 Å². The summed E-state index contributed by atoms with van der Waals surface area (Å²) in [6.45, 7) is 4.91. The van der Waals surface area contributed by atoms with Crippen LogP contribution in [-0.2, 0) is 64.1 Å². The van der Waals surface area contributed by atoms with Gasteiger partial charge in [0.25, 0.3) is 0 Å². The Balaban J connectivity index is -0.000000105. The molecule has 0 heterocycles. The maximum atomic E-state index is 9.73. The second-order valence-corrected chi connectivity index (χ2v) is 5.24. The summed E-state index contributed by atoms with van der Waals surface area (Å²) in [7, 11) is 6.39. The molecule has 0 radical (unpaired) electrons. The topological polar surface area (TPSA) is 166 Å². The Hall–Kier alpha value is 0.403. The molecular formula is C20H44O12Zr. The van der Waals surface area contributed by atoms with Crippen molar-refractivity contribution >= 4 is 0 Å². The fourth-order valence-electron chi connectivity index (χ4n) is 1.21. The van der Waals surface area contributed by atoms with E-state index in [1.807, 2.05) is 0 Å². The van der Waals surface area contributed by atoms with Gasteiger partial charge in [0.2, 0.25) is 0 Å². The number of hydrogen-bond donors (Lipinski definition) is 0. The molecule has 0 amide bonds. The third-order valence-corrected chi connectivity index (χ3v) is 2.64. The van der Waals surface area contributed by atoms with Crippen LogP contribution in [0.2, 0.25) is 0 Å². The van der Waals surface area contributed by atoms with Crippen LogP contribution in [0.15, 0.2) is 0 Å². The van der Waals surface area contributed by atoms with Gasteiger partial charge < -0.3 is 58.3 Å². The summed E-state index contributed by atoms with van der Waals surface area (Å²) in [5.41, 5.74) is 0. The third kappa shape index (κ3) is 71.9. The van der Waals surface area contributed by atoms with Crippen LogP contribution in [0, 0.1) is 0 Å². The van der Waals surface area contributed by atoms with Gasteiger partial charge in [-0.05, 0) is 0 Å². The van der Waals surface area contributed by atoms with Crippen LogP contribution in [0.25, 0.3) is 0 Å². The monoisotopic (exact) mass is 566 g/mol. The maximum absolute atomic E-state index is 9.73. The predicted octanol–water partition coefficient (Wildman–Crippen LogP) is -3.96. The van der Waals surface area contributed by atoms with Crippen molar-refractivity contribution in [3.63, 3.8) is 0 Å². The zero-order chi connectivity index (χ0) is 25.0. The minimum atomic E-state index is -0.163. The molecule has 0 aromatic carbocycles. The van der Waals surface area contributed by atoms with Gasteiger partial charge in [0.15, 0.2) is 0 Å². The molecule has 0 atom stereocenters. The van der Waals surface area contributed by atoms with E-state index >= 15 is 0 Å². The molecule has 0 N–H and O–H groups in total. The standard InChI is InChI=1S/4C5H11O3.Zr/c4*1-7-4-5-8-3-2-6;/h4*2-5H2,1H3;/q4*-1;+4. The molecule has 0 fully saturated rings. The first-order chi connectivity index (χ1) is 15.7. The van der Waals surface area contributed by atoms with Crippen molar-refractivity contribution in [3.05, 3.63) is 0 Å². The Morgan fingerprint density at radius 2 is 0.515 bits per heavy atom. The second kappa shape index (κ2) is 53.7. The molecule has 0 aliphatic heterocycles. The average Bonchev–Trinajstić information content (AvgIpc) is 2.82. The van der Waals surface area contributed by atoms with E-state index in [9.17, 15) is 20.4 Å². The molecule has 0 unspecified atom stereocenters. The van der Waals surface area contributed by atoms with Gasteiger partial charge in [-0.25, -0.2) is 0 Å². The van der Waals surface area contributed by atoms with Gasteiger partial charge in [0.1, 0.15) is 0 Å². The molecule has 13 heteroatoms. The largest absolute Gasteiger partial charge is 4.00 e. The zero-order valence-electron chi connectivity index (χ0n) is 20.7. The number of hydrogen-bond acceptors (Lipinski definition) is 12. The van der Waals surface area contributed by atoms with Gasteiger partial charge in [0.05, 0.1) is 52.9 Å². The summed E-state index contributed by atoms with van der Waals surface area (Å²) in [6.07, 6.45) is 0. The van der Waals surface area contributed by atoms with Crippen LogP contribution in [-0.4, -0.2) is 134 Å². The first kappa shape index (κ1) is 43.5. The van der Waals surface area contributed by atoms with Crippen molar-refractivity contribution in [3.8, 4) is 0 Å². The Kier molecular flexibility index (Phi) is 70.7. The van der Waals surface area contributed by atoms with Crippen LogP contribution in [0.1, 0.15) is 0 Å². The number of methoxy groups -OCH3 is 4. The Labute approximate surface area is 218 Å². The molecule has 200 valence electrons. The Morgan fingerprint density at radius 1 is 0.333 bits per heavy atom. The molecule has 0 aromatic heterocycles. The number of ether oxygens (including phenoxy) is 8. The SMILES string of the molecule is COCCOCC[O-].COCCOCC[O-].COCCOCC[O-].COCCOCC[O-].[Zr+4]. The summed E-state index contributed by atoms with van der Waals surface area (Å²) >= 11 is 0. The van der Waals surface area contributed by atoms with E-state index in [4.69, 9.17) is 18.9 Å². The number of rotatable bonds is 20. The third-order valence-electron chi connectivity index (χ3n) is 2.64. The van der Waals surface area contributed by atoms with Gasteiger partial charge in [-0.1, -0.05) is 0 Å². The van der Waals surface area contributed by atoms with Crippen LogP contribution in [0.4, 0.5) is 0 Å². The molecule has 0 bridgehead atoms. The van der Waals surface area contributed by atoms with Crippen molar-refractivity contribution in [2.45, 2.75) is 0 Å². The van der Waals surface area contributed by atoms with Crippen molar-refractivity contribution in [2.24, 2.45) is 0 Å². The van der Waals surface area contributed by atoms with Gasteiger partial charge in [-0.3, -0.25) is 0 Å². The van der Waals surface area contributed by atoms with Crippen molar-refractivity contribution < 1.29 is 84.5 Å². The summed E-state index contributed by atoms with van der Waals surface area (Å²) in [6, 6.07) is 0. The van der Waals surface area contributed by atoms with Crippen molar-refractivity contribution in [1.82, 2.24) is 0 Å². The quantitative estimate of drug-likeness (QED) is 0.131. The first-order valence-corrected chi connectivity index (χ1v) is 10.3. The molecule has 0 spiro atoms. The summed E-state index contributed by atoms with van der Waals surface area (Å²) in [5, 5.41) is 38.9. The summed E-state index contributed by atoms with van der Waals surface area (Å²) in [4.78, 5) is 0. The van der Waals surface area contributed by atoms with E-state index in [2.05, 4.69) is 18.9 Å². The normalized spacial score (nSPS) is 9.45. The van der Waals surface area contributed by atoms with E-state index in [-0.39, 0.29) is 52.6 Å². The molecule has 0 aromatic rings.